The number of nitrogen functional groups attached to an aromatic ring is 1. The van der Waals surface area contributed by atoms with Gasteiger partial charge < -0.3 is 30.5 Å². The minimum atomic E-state index is -5.06. The van der Waals surface area contributed by atoms with Crippen molar-refractivity contribution in [3.8, 4) is 23.2 Å². The van der Waals surface area contributed by atoms with Crippen molar-refractivity contribution >= 4 is 43.1 Å². The maximum Gasteiger partial charge on any atom is 0.417 e. The van der Waals surface area contributed by atoms with E-state index in [-0.39, 0.29) is 75.1 Å². The normalized spacial score (nSPS) is 23.5. The highest BCUT2D eigenvalue weighted by Gasteiger charge is 2.40. The Morgan fingerprint density at radius 3 is 2.64 bits per heavy atom. The Balaban J connectivity index is 1.48. The average Bonchev–Trinajstić information content (AvgIpc) is 3.67. The molecule has 0 amide bonds. The maximum absolute atomic E-state index is 16.8. The Hall–Kier alpha value is -3.84. The molecule has 3 aliphatic heterocycles. The maximum atomic E-state index is 16.8. The number of alkyl halides is 3. The van der Waals surface area contributed by atoms with Gasteiger partial charge >= 0.3 is 12.2 Å². The van der Waals surface area contributed by atoms with Crippen molar-refractivity contribution in [2.75, 3.05) is 43.5 Å². The monoisotopic (exact) mass is 632 g/mol. The number of halogens is 5. The second-order valence-corrected chi connectivity index (χ2v) is 12.5. The summed E-state index contributed by atoms with van der Waals surface area (Å²) in [7, 11) is 0. The summed E-state index contributed by atoms with van der Waals surface area (Å²) in [4.78, 5) is 10.4. The van der Waals surface area contributed by atoms with Crippen molar-refractivity contribution in [2.45, 2.75) is 43.1 Å². The van der Waals surface area contributed by atoms with Crippen molar-refractivity contribution in [1.29, 1.82) is 5.26 Å². The van der Waals surface area contributed by atoms with Crippen molar-refractivity contribution < 1.29 is 36.5 Å². The molecule has 4 N–H and O–H groups in total. The van der Waals surface area contributed by atoms with Crippen LogP contribution in [0.4, 0.5) is 32.8 Å². The summed E-state index contributed by atoms with van der Waals surface area (Å²) in [5.41, 5.74) is 1.30. The minimum Gasteiger partial charge on any atom is -0.460 e. The lowest BCUT2D eigenvalue weighted by molar-refractivity contribution is -0.137. The van der Waals surface area contributed by atoms with Crippen LogP contribution in [0, 0.1) is 23.0 Å². The number of benzene rings is 2. The summed E-state index contributed by atoms with van der Waals surface area (Å²) in [5.74, 6) is -2.08. The van der Waals surface area contributed by atoms with Crippen LogP contribution in [0.15, 0.2) is 18.2 Å². The molecule has 0 radical (unpaired) electrons. The fraction of sp³-hybridized carbons (Fsp3) is 0.414. The van der Waals surface area contributed by atoms with Gasteiger partial charge in [-0.05, 0) is 30.5 Å². The van der Waals surface area contributed by atoms with Crippen molar-refractivity contribution in [1.82, 2.24) is 15.3 Å². The molecule has 5 heterocycles. The van der Waals surface area contributed by atoms with Gasteiger partial charge in [0.05, 0.1) is 22.4 Å². The molecule has 0 spiro atoms. The van der Waals surface area contributed by atoms with Crippen molar-refractivity contribution in [3.05, 3.63) is 41.0 Å². The number of ether oxygens (including phenoxy) is 2. The van der Waals surface area contributed by atoms with Crippen LogP contribution in [0.25, 0.3) is 32.1 Å². The number of nitrogens with zero attached hydrogens (tertiary/aromatic N) is 4. The summed E-state index contributed by atoms with van der Waals surface area (Å²) in [6.07, 6.45) is -3.02. The lowest BCUT2D eigenvalue weighted by Gasteiger charge is -2.34. The van der Waals surface area contributed by atoms with E-state index in [2.05, 4.69) is 15.3 Å². The number of piperazine rings is 1. The van der Waals surface area contributed by atoms with Gasteiger partial charge in [0.15, 0.2) is 5.82 Å². The molecule has 9 nitrogen and oxygen atoms in total. The zero-order valence-corrected chi connectivity index (χ0v) is 23.8. The largest absolute Gasteiger partial charge is 0.460 e. The third-order valence-electron chi connectivity index (χ3n) is 8.46. The molecule has 3 saturated heterocycles. The van der Waals surface area contributed by atoms with Gasteiger partial charge in [0.1, 0.15) is 40.4 Å². The fourth-order valence-corrected chi connectivity index (χ4v) is 7.32. The predicted octanol–water partition coefficient (Wildman–Crippen LogP) is 4.73. The Labute approximate surface area is 251 Å². The van der Waals surface area contributed by atoms with Gasteiger partial charge in [-0.15, -0.1) is 11.3 Å². The first-order valence-electron chi connectivity index (χ1n) is 13.9. The summed E-state index contributed by atoms with van der Waals surface area (Å²) in [6.45, 7) is 0.882. The highest BCUT2D eigenvalue weighted by Crippen LogP contribution is 2.48. The molecule has 4 aromatic rings. The van der Waals surface area contributed by atoms with E-state index < -0.39 is 40.1 Å². The Morgan fingerprint density at radius 2 is 1.98 bits per heavy atom. The van der Waals surface area contributed by atoms with Crippen molar-refractivity contribution in [2.24, 2.45) is 0 Å². The number of hydrogen-bond donors (Lipinski definition) is 3. The van der Waals surface area contributed by atoms with E-state index in [1.54, 1.807) is 4.90 Å². The van der Waals surface area contributed by atoms with Gasteiger partial charge in [-0.3, -0.25) is 0 Å². The summed E-state index contributed by atoms with van der Waals surface area (Å²) in [6, 6.07) is 4.36. The number of anilines is 2. The fourth-order valence-electron chi connectivity index (χ4n) is 6.37. The first-order chi connectivity index (χ1) is 21.0. The van der Waals surface area contributed by atoms with Crippen LogP contribution in [0.2, 0.25) is 0 Å². The first kappa shape index (κ1) is 28.9. The molecule has 2 aromatic heterocycles. The molecule has 15 heteroatoms. The second kappa shape index (κ2) is 10.4. The third kappa shape index (κ3) is 4.76. The molecule has 0 saturated carbocycles. The first-order valence-corrected chi connectivity index (χ1v) is 14.7. The highest BCUT2D eigenvalue weighted by atomic mass is 32.1. The van der Waals surface area contributed by atoms with Gasteiger partial charge in [-0.1, -0.05) is 6.07 Å². The van der Waals surface area contributed by atoms with E-state index in [1.807, 2.05) is 6.07 Å². The number of rotatable bonds is 5. The Morgan fingerprint density at radius 1 is 1.23 bits per heavy atom. The molecule has 7 rings (SSSR count). The van der Waals surface area contributed by atoms with Crippen LogP contribution < -0.4 is 20.7 Å². The Kier molecular flexibility index (Phi) is 6.81. The number of nitrogens with two attached hydrogens (primary N) is 1. The average molecular weight is 633 g/mol. The number of fused-ring (bicyclic) bond motifs is 4. The zero-order valence-electron chi connectivity index (χ0n) is 23.0. The third-order valence-corrected chi connectivity index (χ3v) is 9.49. The van der Waals surface area contributed by atoms with Crippen LogP contribution in [0.5, 0.6) is 6.01 Å². The number of hydrogen-bond acceptors (Lipinski definition) is 10. The Bertz CT molecular complexity index is 1840. The van der Waals surface area contributed by atoms with Gasteiger partial charge in [-0.2, -0.15) is 28.4 Å². The van der Waals surface area contributed by atoms with E-state index in [9.17, 15) is 27.9 Å². The molecule has 44 heavy (non-hydrogen) atoms. The predicted molar refractivity (Wildman–Crippen MR) is 152 cm³/mol. The van der Waals surface area contributed by atoms with E-state index in [1.165, 1.54) is 0 Å². The van der Waals surface area contributed by atoms with Crippen LogP contribution in [-0.4, -0.2) is 65.7 Å². The molecule has 3 fully saturated rings. The van der Waals surface area contributed by atoms with E-state index >= 15 is 4.39 Å². The molecular formula is C29H25F5N6O3S. The van der Waals surface area contributed by atoms with Crippen LogP contribution in [0.1, 0.15) is 30.4 Å². The highest BCUT2D eigenvalue weighted by molar-refractivity contribution is 7.23. The molecule has 2 bridgehead atoms. The molecule has 3 aliphatic rings. The van der Waals surface area contributed by atoms with Crippen molar-refractivity contribution in [3.63, 3.8) is 0 Å². The van der Waals surface area contributed by atoms with Gasteiger partial charge in [0.2, 0.25) is 0 Å². The standard InChI is InChI=1S/C29H25F5N6O3S/c30-19-4-3-15(20-17(8-35)25(36)44-24(19)20)21-18(29(32,33)34)7-16-23(22(21)31)38-27(43-12-28(41)5-6-42-11-28)39-26(16)40-9-13-1-2-14(10-40)37-13/h3-4,7,13-14,37,41H,1-2,5-6,9-12,36H2. The number of aromatic nitrogens is 2. The quantitative estimate of drug-likeness (QED) is 0.268. The molecular weight excluding hydrogens is 607 g/mol. The second-order valence-electron chi connectivity index (χ2n) is 11.4. The lowest BCUT2D eigenvalue weighted by atomic mass is 9.92. The molecule has 3 atom stereocenters. The summed E-state index contributed by atoms with van der Waals surface area (Å²) < 4.78 is 86.7. The van der Waals surface area contributed by atoms with Gasteiger partial charge in [0, 0.05) is 54.5 Å². The lowest BCUT2D eigenvalue weighted by Crippen LogP contribution is -2.51. The summed E-state index contributed by atoms with van der Waals surface area (Å²) >= 11 is 0.694. The molecule has 3 unspecified atom stereocenters. The smallest absolute Gasteiger partial charge is 0.417 e. The zero-order chi connectivity index (χ0) is 31.0. The van der Waals surface area contributed by atoms with E-state index in [4.69, 9.17) is 15.2 Å². The molecule has 2 aromatic carbocycles. The van der Waals surface area contributed by atoms with Crippen LogP contribution >= 0.6 is 11.3 Å². The number of nitrogens with one attached hydrogen (secondary N) is 1. The van der Waals surface area contributed by atoms with E-state index in [0.29, 0.717) is 31.0 Å². The minimum absolute atomic E-state index is 0.00755. The summed E-state index contributed by atoms with van der Waals surface area (Å²) in [5, 5.41) is 23.4. The topological polar surface area (TPSA) is 130 Å². The number of aliphatic hydroxyl groups is 1. The molecule has 230 valence electrons. The van der Waals surface area contributed by atoms with E-state index in [0.717, 1.165) is 31.0 Å². The molecule has 0 aliphatic carbocycles. The van der Waals surface area contributed by atoms with Gasteiger partial charge in [-0.25, -0.2) is 8.78 Å². The number of thiophene rings is 1. The SMILES string of the molecule is N#Cc1c(N)sc2c(F)ccc(-c3c(C(F)(F)F)cc4c(N5CC6CCC(C5)N6)nc(OCC5(O)CCOC5)nc4c3F)c12. The van der Waals surface area contributed by atoms with Gasteiger partial charge in [0.25, 0.3) is 0 Å². The number of nitriles is 1. The van der Waals surface area contributed by atoms with Crippen LogP contribution in [0.3, 0.4) is 0 Å². The van der Waals surface area contributed by atoms with Crippen LogP contribution in [-0.2, 0) is 10.9 Å².